The van der Waals surface area contributed by atoms with Crippen LogP contribution in [0.15, 0.2) is 70.5 Å². The number of aromatic nitrogens is 5. The molecule has 0 unspecified atom stereocenters. The topological polar surface area (TPSA) is 145 Å². The molecule has 43 heavy (non-hydrogen) atoms. The van der Waals surface area contributed by atoms with Crippen molar-refractivity contribution in [2.75, 3.05) is 24.4 Å². The number of nitrogens with one attached hydrogen (secondary N) is 3. The summed E-state index contributed by atoms with van der Waals surface area (Å²) in [5.41, 5.74) is -1.42. The first-order valence-electron chi connectivity index (χ1n) is 13.2. The van der Waals surface area contributed by atoms with Gasteiger partial charge in [0.05, 0.1) is 12.3 Å². The fourth-order valence-corrected chi connectivity index (χ4v) is 4.42. The number of carbonyl (C=O) groups is 1. The van der Waals surface area contributed by atoms with Crippen LogP contribution in [0.5, 0.6) is 11.5 Å². The number of anilines is 2. The smallest absolute Gasteiger partial charge is 0.335 e. The largest absolute Gasteiger partial charge is 0.453 e. The zero-order valence-electron chi connectivity index (χ0n) is 23.4. The van der Waals surface area contributed by atoms with Crippen molar-refractivity contribution < 1.29 is 23.0 Å². The van der Waals surface area contributed by atoms with Crippen LogP contribution >= 0.6 is 0 Å². The molecule has 5 aromatic rings. The third kappa shape index (κ3) is 5.99. The Morgan fingerprint density at radius 2 is 1.86 bits per heavy atom. The molecule has 3 aromatic heterocycles. The standard InChI is InChI=1S/C29H27F2N7O5/c1-4-37-14-20(28(40)38(29(37)41)19-8-5-17(30)6-9-19)27(39)34-18-7-10-22(21(31)13-18)43-23-11-12-32-25-24(23)26(36-35-25)33-16(2)15-42-3/h5-14,16H,4,15H2,1-3H3,(H,34,39)(H2,32,33,35,36)/t16-/m1/s1. The van der Waals surface area contributed by atoms with Crippen LogP contribution in [0.2, 0.25) is 0 Å². The van der Waals surface area contributed by atoms with Crippen molar-refractivity contribution in [3.63, 3.8) is 0 Å². The average molecular weight is 592 g/mol. The van der Waals surface area contributed by atoms with Crippen LogP contribution in [0.3, 0.4) is 0 Å². The van der Waals surface area contributed by atoms with E-state index in [4.69, 9.17) is 9.47 Å². The number of rotatable bonds is 10. The molecule has 0 spiro atoms. The molecule has 0 saturated heterocycles. The summed E-state index contributed by atoms with van der Waals surface area (Å²) in [7, 11) is 1.58. The summed E-state index contributed by atoms with van der Waals surface area (Å²) >= 11 is 0. The minimum Gasteiger partial charge on any atom is -0.453 e. The van der Waals surface area contributed by atoms with Gasteiger partial charge < -0.3 is 20.1 Å². The van der Waals surface area contributed by atoms with Gasteiger partial charge in [-0.1, -0.05) is 0 Å². The molecule has 5 rings (SSSR count). The van der Waals surface area contributed by atoms with Gasteiger partial charge in [-0.05, 0) is 50.2 Å². The van der Waals surface area contributed by atoms with E-state index in [-0.39, 0.29) is 41.0 Å². The van der Waals surface area contributed by atoms with Crippen molar-refractivity contribution >= 4 is 28.4 Å². The molecule has 1 atom stereocenters. The molecule has 0 radical (unpaired) electrons. The predicted octanol–water partition coefficient (Wildman–Crippen LogP) is 4.06. The lowest BCUT2D eigenvalue weighted by Crippen LogP contribution is -2.42. The fraction of sp³-hybridized carbons (Fsp3) is 0.207. The summed E-state index contributed by atoms with van der Waals surface area (Å²) < 4.78 is 41.6. The number of ether oxygens (including phenoxy) is 2. The van der Waals surface area contributed by atoms with Crippen molar-refractivity contribution in [2.45, 2.75) is 26.4 Å². The zero-order valence-corrected chi connectivity index (χ0v) is 23.4. The lowest BCUT2D eigenvalue weighted by Gasteiger charge is -2.14. The van der Waals surface area contributed by atoms with Gasteiger partial charge in [0.15, 0.2) is 23.0 Å². The number of aromatic amines is 1. The molecule has 0 aliphatic carbocycles. The molecule has 0 bridgehead atoms. The molecule has 3 heterocycles. The van der Waals surface area contributed by atoms with Gasteiger partial charge in [0.1, 0.15) is 22.5 Å². The van der Waals surface area contributed by atoms with Crippen molar-refractivity contribution in [3.8, 4) is 17.2 Å². The quantitative estimate of drug-likeness (QED) is 0.221. The molecular formula is C29H27F2N7O5. The number of H-pyrrole nitrogens is 1. The molecule has 0 saturated carbocycles. The second kappa shape index (κ2) is 12.2. The maximum absolute atomic E-state index is 15.2. The number of nitrogens with zero attached hydrogens (tertiary/aromatic N) is 4. The first kappa shape index (κ1) is 29.1. The Labute approximate surface area is 242 Å². The number of halogens is 2. The number of aryl methyl sites for hydroxylation is 1. The van der Waals surface area contributed by atoms with E-state index in [9.17, 15) is 18.8 Å². The average Bonchev–Trinajstić information content (AvgIpc) is 3.39. The summed E-state index contributed by atoms with van der Waals surface area (Å²) in [4.78, 5) is 43.4. The van der Waals surface area contributed by atoms with Crippen molar-refractivity contribution in [1.82, 2.24) is 24.3 Å². The van der Waals surface area contributed by atoms with Gasteiger partial charge in [-0.3, -0.25) is 19.3 Å². The Kier molecular flexibility index (Phi) is 8.29. The molecule has 0 aliphatic heterocycles. The van der Waals surface area contributed by atoms with E-state index >= 15 is 4.39 Å². The lowest BCUT2D eigenvalue weighted by molar-refractivity contribution is 0.102. The van der Waals surface area contributed by atoms with E-state index in [2.05, 4.69) is 25.8 Å². The Morgan fingerprint density at radius 3 is 2.56 bits per heavy atom. The van der Waals surface area contributed by atoms with Crippen molar-refractivity contribution in [2.24, 2.45) is 0 Å². The third-order valence-corrected chi connectivity index (χ3v) is 6.46. The van der Waals surface area contributed by atoms with Gasteiger partial charge in [-0.2, -0.15) is 5.10 Å². The number of pyridine rings is 1. The Hall–Kier alpha value is -5.37. The van der Waals surface area contributed by atoms with Crippen LogP contribution in [0.25, 0.3) is 16.7 Å². The minimum atomic E-state index is -0.912. The number of carbonyl (C=O) groups excluding carboxylic acids is 1. The second-order valence-electron chi connectivity index (χ2n) is 9.54. The highest BCUT2D eigenvalue weighted by molar-refractivity contribution is 6.04. The Balaban J connectivity index is 1.41. The highest BCUT2D eigenvalue weighted by Gasteiger charge is 2.20. The Morgan fingerprint density at radius 1 is 1.09 bits per heavy atom. The highest BCUT2D eigenvalue weighted by Crippen LogP contribution is 2.34. The molecule has 1 amide bonds. The number of hydrogen-bond donors (Lipinski definition) is 3. The summed E-state index contributed by atoms with van der Waals surface area (Å²) in [5, 5.41) is 13.2. The molecule has 222 valence electrons. The summed E-state index contributed by atoms with van der Waals surface area (Å²) in [5.74, 6) is -1.62. The maximum Gasteiger partial charge on any atom is 0.335 e. The molecule has 0 fully saturated rings. The number of benzene rings is 2. The minimum absolute atomic E-state index is 0.0377. The van der Waals surface area contributed by atoms with Gasteiger partial charge in [0.25, 0.3) is 11.5 Å². The highest BCUT2D eigenvalue weighted by atomic mass is 19.1. The van der Waals surface area contributed by atoms with Crippen LogP contribution in [0.1, 0.15) is 24.2 Å². The molecule has 12 nitrogen and oxygen atoms in total. The summed E-state index contributed by atoms with van der Waals surface area (Å²) in [6, 6.07) is 9.95. The van der Waals surface area contributed by atoms with Crippen LogP contribution < -0.4 is 26.6 Å². The van der Waals surface area contributed by atoms with Gasteiger partial charge in [0.2, 0.25) is 0 Å². The van der Waals surface area contributed by atoms with E-state index < -0.39 is 28.8 Å². The SMILES string of the molecule is CCn1cc(C(=O)Nc2ccc(Oc3ccnc4[nH]nc(N[C@H](C)COC)c34)c(F)c2)c(=O)n(-c2ccc(F)cc2)c1=O. The molecule has 14 heteroatoms. The van der Waals surface area contributed by atoms with Crippen molar-refractivity contribution in [3.05, 3.63) is 99.0 Å². The first-order chi connectivity index (χ1) is 20.7. The zero-order chi connectivity index (χ0) is 30.7. The third-order valence-electron chi connectivity index (χ3n) is 6.46. The molecule has 3 N–H and O–H groups in total. The number of methoxy groups -OCH3 is 1. The maximum atomic E-state index is 15.2. The number of fused-ring (bicyclic) bond motifs is 1. The van der Waals surface area contributed by atoms with E-state index in [0.29, 0.717) is 23.5 Å². The summed E-state index contributed by atoms with van der Waals surface area (Å²) in [6.45, 7) is 4.15. The normalized spacial score (nSPS) is 11.8. The van der Waals surface area contributed by atoms with Gasteiger partial charge in [-0.15, -0.1) is 0 Å². The Bertz CT molecular complexity index is 1920. The molecular weight excluding hydrogens is 564 g/mol. The predicted molar refractivity (Wildman–Crippen MR) is 155 cm³/mol. The van der Waals surface area contributed by atoms with E-state index in [1.165, 1.54) is 35.0 Å². The number of amides is 1. The lowest BCUT2D eigenvalue weighted by atomic mass is 10.2. The fourth-order valence-electron chi connectivity index (χ4n) is 4.42. The summed E-state index contributed by atoms with van der Waals surface area (Å²) in [6.07, 6.45) is 2.62. The molecule has 2 aromatic carbocycles. The monoisotopic (exact) mass is 591 g/mol. The van der Waals surface area contributed by atoms with Crippen molar-refractivity contribution in [1.29, 1.82) is 0 Å². The van der Waals surface area contributed by atoms with Crippen LogP contribution in [0.4, 0.5) is 20.3 Å². The molecule has 0 aliphatic rings. The van der Waals surface area contributed by atoms with Gasteiger partial charge in [0, 0.05) is 49.9 Å². The number of hydrogen-bond acceptors (Lipinski definition) is 8. The first-order valence-corrected chi connectivity index (χ1v) is 13.2. The van der Waals surface area contributed by atoms with Crippen LogP contribution in [-0.4, -0.2) is 50.0 Å². The second-order valence-corrected chi connectivity index (χ2v) is 9.54. The van der Waals surface area contributed by atoms with E-state index in [0.717, 1.165) is 29.0 Å². The van der Waals surface area contributed by atoms with E-state index in [1.807, 2.05) is 6.92 Å². The van der Waals surface area contributed by atoms with Gasteiger partial charge in [-0.25, -0.2) is 23.1 Å². The van der Waals surface area contributed by atoms with E-state index in [1.54, 1.807) is 20.1 Å². The van der Waals surface area contributed by atoms with Gasteiger partial charge >= 0.3 is 5.69 Å². The van der Waals surface area contributed by atoms with Crippen LogP contribution in [-0.2, 0) is 11.3 Å². The van der Waals surface area contributed by atoms with Crippen LogP contribution in [0, 0.1) is 11.6 Å².